The molecule has 3 rings (SSSR count). The number of aryl methyl sites for hydroxylation is 1. The normalized spacial score (nSPS) is 18.3. The Bertz CT molecular complexity index is 522. The number of anilines is 1. The number of benzene rings is 2. The van der Waals surface area contributed by atoms with Gasteiger partial charge in [0.05, 0.1) is 6.04 Å². The molecule has 17 heavy (non-hydrogen) atoms. The minimum atomic E-state index is -0.149. The second-order valence-electron chi connectivity index (χ2n) is 4.45. The van der Waals surface area contributed by atoms with Crippen molar-refractivity contribution in [2.75, 3.05) is 5.32 Å². The lowest BCUT2D eigenvalue weighted by Gasteiger charge is -2.27. The van der Waals surface area contributed by atoms with Gasteiger partial charge in [-0.15, -0.1) is 0 Å². The molecule has 0 aliphatic carbocycles. The average molecular weight is 227 g/mol. The maximum atomic E-state index is 13.1. The average Bonchev–Trinajstić information content (AvgIpc) is 2.39. The van der Waals surface area contributed by atoms with Gasteiger partial charge in [0.1, 0.15) is 5.82 Å². The Morgan fingerprint density at radius 3 is 2.71 bits per heavy atom. The Kier molecular flexibility index (Phi) is 2.56. The van der Waals surface area contributed by atoms with E-state index in [1.165, 1.54) is 11.6 Å². The molecular formula is C15H14FN. The first-order valence-electron chi connectivity index (χ1n) is 5.93. The molecule has 86 valence electrons. The molecule has 0 bridgehead atoms. The number of hydrogen-bond acceptors (Lipinski definition) is 1. The van der Waals surface area contributed by atoms with Crippen LogP contribution >= 0.6 is 0 Å². The lowest BCUT2D eigenvalue weighted by molar-refractivity contribution is 0.616. The minimum Gasteiger partial charge on any atom is -0.378 e. The summed E-state index contributed by atoms with van der Waals surface area (Å²) in [6, 6.07) is 15.7. The standard InChI is InChI=1S/C15H14FN/c16-13-7-9-15-12(10-13)6-8-14(17-15)11-4-2-1-3-5-11/h1-5,7,9-10,14,17H,6,8H2/t14-/m0/s1. The van der Waals surface area contributed by atoms with Crippen LogP contribution < -0.4 is 5.32 Å². The summed E-state index contributed by atoms with van der Waals surface area (Å²) in [7, 11) is 0. The molecule has 1 aliphatic rings. The molecule has 1 heterocycles. The predicted molar refractivity (Wildman–Crippen MR) is 67.5 cm³/mol. The zero-order valence-electron chi connectivity index (χ0n) is 9.49. The van der Waals surface area contributed by atoms with Crippen molar-refractivity contribution in [3.63, 3.8) is 0 Å². The van der Waals surface area contributed by atoms with Crippen LogP contribution in [0.1, 0.15) is 23.6 Å². The molecule has 2 aromatic carbocycles. The van der Waals surface area contributed by atoms with Gasteiger partial charge < -0.3 is 5.32 Å². The third-order valence-electron chi connectivity index (χ3n) is 3.30. The molecule has 0 saturated heterocycles. The fourth-order valence-corrected chi connectivity index (χ4v) is 2.41. The molecule has 1 N–H and O–H groups in total. The van der Waals surface area contributed by atoms with Gasteiger partial charge in [-0.2, -0.15) is 0 Å². The zero-order chi connectivity index (χ0) is 11.7. The third-order valence-corrected chi connectivity index (χ3v) is 3.30. The molecule has 0 radical (unpaired) electrons. The highest BCUT2D eigenvalue weighted by Crippen LogP contribution is 2.32. The Morgan fingerprint density at radius 1 is 1.06 bits per heavy atom. The van der Waals surface area contributed by atoms with E-state index in [4.69, 9.17) is 0 Å². The third kappa shape index (κ3) is 2.03. The van der Waals surface area contributed by atoms with Gasteiger partial charge in [0, 0.05) is 5.69 Å². The molecule has 0 aromatic heterocycles. The monoisotopic (exact) mass is 227 g/mol. The van der Waals surface area contributed by atoms with Gasteiger partial charge in [-0.1, -0.05) is 30.3 Å². The van der Waals surface area contributed by atoms with E-state index in [2.05, 4.69) is 29.6 Å². The largest absolute Gasteiger partial charge is 0.378 e. The van der Waals surface area contributed by atoms with Gasteiger partial charge in [0.15, 0.2) is 0 Å². The van der Waals surface area contributed by atoms with Crippen molar-refractivity contribution in [2.24, 2.45) is 0 Å². The Morgan fingerprint density at radius 2 is 1.88 bits per heavy atom. The zero-order valence-corrected chi connectivity index (χ0v) is 9.49. The summed E-state index contributed by atoms with van der Waals surface area (Å²) < 4.78 is 13.1. The molecular weight excluding hydrogens is 213 g/mol. The van der Waals surface area contributed by atoms with Crippen molar-refractivity contribution in [1.82, 2.24) is 0 Å². The van der Waals surface area contributed by atoms with Crippen molar-refractivity contribution < 1.29 is 4.39 Å². The summed E-state index contributed by atoms with van der Waals surface area (Å²) in [4.78, 5) is 0. The van der Waals surface area contributed by atoms with Gasteiger partial charge in [0.25, 0.3) is 0 Å². The molecule has 0 fully saturated rings. The lowest BCUT2D eigenvalue weighted by atomic mass is 9.93. The highest BCUT2D eigenvalue weighted by atomic mass is 19.1. The summed E-state index contributed by atoms with van der Waals surface area (Å²) in [5.74, 6) is -0.149. The second kappa shape index (κ2) is 4.21. The molecule has 1 aliphatic heterocycles. The van der Waals surface area contributed by atoms with E-state index in [1.54, 1.807) is 6.07 Å². The van der Waals surface area contributed by atoms with Crippen LogP contribution in [0.2, 0.25) is 0 Å². The first kappa shape index (κ1) is 10.3. The van der Waals surface area contributed by atoms with E-state index in [1.807, 2.05) is 12.1 Å². The van der Waals surface area contributed by atoms with Gasteiger partial charge in [0.2, 0.25) is 0 Å². The van der Waals surface area contributed by atoms with E-state index in [9.17, 15) is 4.39 Å². The summed E-state index contributed by atoms with van der Waals surface area (Å²) in [6.07, 6.45) is 1.94. The van der Waals surface area contributed by atoms with Crippen LogP contribution in [-0.2, 0) is 6.42 Å². The predicted octanol–water partition coefficient (Wildman–Crippen LogP) is 3.93. The molecule has 0 spiro atoms. The molecule has 2 aromatic rings. The van der Waals surface area contributed by atoms with Crippen LogP contribution in [-0.4, -0.2) is 0 Å². The van der Waals surface area contributed by atoms with Crippen molar-refractivity contribution in [1.29, 1.82) is 0 Å². The SMILES string of the molecule is Fc1ccc2c(c1)CC[C@@H](c1ccccc1)N2. The minimum absolute atomic E-state index is 0.149. The van der Waals surface area contributed by atoms with E-state index >= 15 is 0 Å². The molecule has 1 nitrogen and oxygen atoms in total. The highest BCUT2D eigenvalue weighted by molar-refractivity contribution is 5.55. The summed E-state index contributed by atoms with van der Waals surface area (Å²) in [5, 5.41) is 3.47. The van der Waals surface area contributed by atoms with E-state index < -0.39 is 0 Å². The number of fused-ring (bicyclic) bond motifs is 1. The molecule has 0 unspecified atom stereocenters. The van der Waals surface area contributed by atoms with E-state index in [0.717, 1.165) is 24.1 Å². The number of hydrogen-bond donors (Lipinski definition) is 1. The summed E-state index contributed by atoms with van der Waals surface area (Å²) in [6.45, 7) is 0. The van der Waals surface area contributed by atoms with Gasteiger partial charge in [-0.3, -0.25) is 0 Å². The van der Waals surface area contributed by atoms with Crippen LogP contribution in [0.25, 0.3) is 0 Å². The van der Waals surface area contributed by atoms with Crippen molar-refractivity contribution in [2.45, 2.75) is 18.9 Å². The van der Waals surface area contributed by atoms with Crippen molar-refractivity contribution in [3.8, 4) is 0 Å². The Labute approximate surface area is 100 Å². The fourth-order valence-electron chi connectivity index (χ4n) is 2.41. The van der Waals surface area contributed by atoms with Crippen LogP contribution in [0.15, 0.2) is 48.5 Å². The number of rotatable bonds is 1. The summed E-state index contributed by atoms with van der Waals surface area (Å²) in [5.41, 5.74) is 3.44. The topological polar surface area (TPSA) is 12.0 Å². The smallest absolute Gasteiger partial charge is 0.123 e. The number of nitrogens with one attached hydrogen (secondary N) is 1. The fraction of sp³-hybridized carbons (Fsp3) is 0.200. The molecule has 2 heteroatoms. The first-order chi connectivity index (χ1) is 8.33. The Hall–Kier alpha value is -1.83. The molecule has 0 amide bonds. The number of halogens is 1. The van der Waals surface area contributed by atoms with Crippen molar-refractivity contribution in [3.05, 3.63) is 65.5 Å². The highest BCUT2D eigenvalue weighted by Gasteiger charge is 2.18. The molecule has 1 atom stereocenters. The van der Waals surface area contributed by atoms with Crippen LogP contribution in [0.3, 0.4) is 0 Å². The maximum Gasteiger partial charge on any atom is 0.123 e. The van der Waals surface area contributed by atoms with Crippen molar-refractivity contribution >= 4 is 5.69 Å². The van der Waals surface area contributed by atoms with Crippen LogP contribution in [0, 0.1) is 5.82 Å². The van der Waals surface area contributed by atoms with Gasteiger partial charge >= 0.3 is 0 Å². The molecule has 0 saturated carbocycles. The van der Waals surface area contributed by atoms with E-state index in [0.29, 0.717) is 6.04 Å². The van der Waals surface area contributed by atoms with E-state index in [-0.39, 0.29) is 5.82 Å². The van der Waals surface area contributed by atoms with Crippen LogP contribution in [0.4, 0.5) is 10.1 Å². The van der Waals surface area contributed by atoms with Crippen LogP contribution in [0.5, 0.6) is 0 Å². The van der Waals surface area contributed by atoms with Gasteiger partial charge in [-0.05, 0) is 42.2 Å². The second-order valence-corrected chi connectivity index (χ2v) is 4.45. The summed E-state index contributed by atoms with van der Waals surface area (Å²) >= 11 is 0. The first-order valence-corrected chi connectivity index (χ1v) is 5.93. The maximum absolute atomic E-state index is 13.1. The quantitative estimate of drug-likeness (QED) is 0.778. The Balaban J connectivity index is 1.88. The lowest BCUT2D eigenvalue weighted by Crippen LogP contribution is -2.17. The van der Waals surface area contributed by atoms with Gasteiger partial charge in [-0.25, -0.2) is 4.39 Å².